The van der Waals surface area contributed by atoms with E-state index >= 15 is 0 Å². The summed E-state index contributed by atoms with van der Waals surface area (Å²) in [7, 11) is 0. The molecule has 0 saturated heterocycles. The Kier molecular flexibility index (Phi) is 7.08. The second kappa shape index (κ2) is 9.03. The van der Waals surface area contributed by atoms with E-state index in [-0.39, 0.29) is 28.6 Å². The van der Waals surface area contributed by atoms with Crippen LogP contribution in [-0.2, 0) is 0 Å². The zero-order valence-corrected chi connectivity index (χ0v) is 21.7. The lowest BCUT2D eigenvalue weighted by molar-refractivity contribution is -0.197. The van der Waals surface area contributed by atoms with Gasteiger partial charge in [0.25, 0.3) is 0 Å². The molecule has 0 aromatic heterocycles. The first-order valence-electron chi connectivity index (χ1n) is 13.7. The van der Waals surface area contributed by atoms with Gasteiger partial charge in [0.05, 0.1) is 30.5 Å². The van der Waals surface area contributed by atoms with Crippen molar-refractivity contribution in [1.29, 1.82) is 0 Å². The minimum Gasteiger partial charge on any atom is -0.393 e. The van der Waals surface area contributed by atoms with Gasteiger partial charge in [-0.1, -0.05) is 41.5 Å². The topological polar surface area (TPSA) is 101 Å². The van der Waals surface area contributed by atoms with Crippen LogP contribution >= 0.6 is 0 Å². The van der Waals surface area contributed by atoms with E-state index < -0.39 is 30.5 Å². The molecule has 0 aliphatic heterocycles. The smallest absolute Gasteiger partial charge is 0.0830 e. The van der Waals surface area contributed by atoms with Gasteiger partial charge in [0.15, 0.2) is 0 Å². The molecule has 5 nitrogen and oxygen atoms in total. The Morgan fingerprint density at radius 1 is 0.697 bits per heavy atom. The molecule has 192 valence electrons. The molecule has 0 spiro atoms. The molecule has 4 rings (SSSR count). The maximum Gasteiger partial charge on any atom is 0.0830 e. The molecular formula is C28H50O5. The molecule has 4 aliphatic carbocycles. The molecule has 5 N–H and O–H groups in total. The molecule has 33 heavy (non-hydrogen) atoms. The van der Waals surface area contributed by atoms with Crippen LogP contribution in [-0.4, -0.2) is 56.1 Å². The van der Waals surface area contributed by atoms with Crippen LogP contribution < -0.4 is 0 Å². The van der Waals surface area contributed by atoms with Crippen molar-refractivity contribution in [2.45, 2.75) is 117 Å². The van der Waals surface area contributed by atoms with Gasteiger partial charge < -0.3 is 25.5 Å². The SMILES string of the molecule is CC(C)[C@H](C)[C@@H](O)[C@H](O)[C@H](C)[C@H]1CC[C@H]2[C@@H]3C[C@H](O)[C@H]4C[C@H](O)[C@H](O)C[C@]4(C)[C@H]3CC[C@]12C. The van der Waals surface area contributed by atoms with Crippen LogP contribution in [0.25, 0.3) is 0 Å². The van der Waals surface area contributed by atoms with Gasteiger partial charge in [-0.3, -0.25) is 0 Å². The summed E-state index contributed by atoms with van der Waals surface area (Å²) in [6.45, 7) is 13.0. The molecule has 0 unspecified atom stereocenters. The van der Waals surface area contributed by atoms with Crippen molar-refractivity contribution >= 4 is 0 Å². The second-order valence-corrected chi connectivity index (χ2v) is 13.5. The predicted octanol–water partition coefficient (Wildman–Crippen LogP) is 3.60. The van der Waals surface area contributed by atoms with E-state index in [0.29, 0.717) is 42.4 Å². The van der Waals surface area contributed by atoms with Crippen molar-refractivity contribution < 1.29 is 25.5 Å². The summed E-state index contributed by atoms with van der Waals surface area (Å²) in [6.07, 6.45) is 3.01. The number of fused-ring (bicyclic) bond motifs is 5. The maximum absolute atomic E-state index is 11.2. The van der Waals surface area contributed by atoms with Crippen molar-refractivity contribution in [3.8, 4) is 0 Å². The van der Waals surface area contributed by atoms with Crippen LogP contribution in [0.5, 0.6) is 0 Å². The van der Waals surface area contributed by atoms with E-state index in [4.69, 9.17) is 0 Å². The number of aliphatic hydroxyl groups excluding tert-OH is 5. The van der Waals surface area contributed by atoms with E-state index in [1.54, 1.807) is 0 Å². The molecule has 5 heteroatoms. The lowest BCUT2D eigenvalue weighted by Gasteiger charge is -2.63. The van der Waals surface area contributed by atoms with Crippen molar-refractivity contribution in [2.24, 2.45) is 58.2 Å². The zero-order chi connectivity index (χ0) is 24.5. The molecule has 0 aromatic rings. The highest BCUT2D eigenvalue weighted by molar-refractivity contribution is 5.12. The van der Waals surface area contributed by atoms with Crippen LogP contribution in [0.1, 0.15) is 86.5 Å². The van der Waals surface area contributed by atoms with Gasteiger partial charge in [0, 0.05) is 0 Å². The Labute approximate surface area is 201 Å². The Morgan fingerprint density at radius 2 is 1.33 bits per heavy atom. The van der Waals surface area contributed by atoms with Crippen molar-refractivity contribution in [3.05, 3.63) is 0 Å². The quantitative estimate of drug-likeness (QED) is 0.426. The van der Waals surface area contributed by atoms with Crippen LogP contribution in [0.15, 0.2) is 0 Å². The molecule has 0 radical (unpaired) electrons. The highest BCUT2D eigenvalue weighted by atomic mass is 16.3. The largest absolute Gasteiger partial charge is 0.393 e. The molecule has 0 bridgehead atoms. The van der Waals surface area contributed by atoms with Gasteiger partial charge in [-0.2, -0.15) is 0 Å². The highest BCUT2D eigenvalue weighted by Crippen LogP contribution is 2.68. The first-order chi connectivity index (χ1) is 15.3. The number of aliphatic hydroxyl groups is 5. The van der Waals surface area contributed by atoms with Crippen LogP contribution in [0.2, 0.25) is 0 Å². The van der Waals surface area contributed by atoms with Gasteiger partial charge in [0.1, 0.15) is 0 Å². The van der Waals surface area contributed by atoms with Gasteiger partial charge >= 0.3 is 0 Å². The molecule has 4 aliphatic rings. The monoisotopic (exact) mass is 466 g/mol. The average molecular weight is 467 g/mol. The molecule has 0 heterocycles. The summed E-state index contributed by atoms with van der Waals surface area (Å²) < 4.78 is 0. The van der Waals surface area contributed by atoms with E-state index in [0.717, 1.165) is 32.1 Å². The Bertz CT molecular complexity index is 698. The molecule has 14 atom stereocenters. The van der Waals surface area contributed by atoms with E-state index in [1.807, 2.05) is 6.92 Å². The third-order valence-electron chi connectivity index (χ3n) is 11.9. The predicted molar refractivity (Wildman–Crippen MR) is 129 cm³/mol. The maximum atomic E-state index is 11.2. The van der Waals surface area contributed by atoms with Gasteiger partial charge in [0.2, 0.25) is 0 Å². The molecule has 4 fully saturated rings. The first-order valence-corrected chi connectivity index (χ1v) is 13.7. The standard InChI is InChI=1S/C28H50O5/c1-14(2)15(3)25(32)26(33)16(4)18-7-8-19-17-11-22(29)21-12-23(30)24(31)13-28(21,6)20(17)9-10-27(18,19)5/h14-26,29-33H,7-13H2,1-6H3/t15-,16+,17-,18+,19-,20-,21+,22-,23-,24+,25+,26+,27+,28+/m0/s1. The van der Waals surface area contributed by atoms with Gasteiger partial charge in [-0.05, 0) is 103 Å². The Morgan fingerprint density at radius 3 is 1.97 bits per heavy atom. The number of hydrogen-bond acceptors (Lipinski definition) is 5. The van der Waals surface area contributed by atoms with Crippen LogP contribution in [0.3, 0.4) is 0 Å². The number of rotatable bonds is 5. The van der Waals surface area contributed by atoms with Crippen molar-refractivity contribution in [1.82, 2.24) is 0 Å². The highest BCUT2D eigenvalue weighted by Gasteiger charge is 2.63. The summed E-state index contributed by atoms with van der Waals surface area (Å²) in [6, 6.07) is 0. The minimum absolute atomic E-state index is 0.0382. The molecule has 0 aromatic carbocycles. The van der Waals surface area contributed by atoms with E-state index in [2.05, 4.69) is 34.6 Å². The lowest BCUT2D eigenvalue weighted by atomic mass is 9.43. The Balaban J connectivity index is 1.55. The summed E-state index contributed by atoms with van der Waals surface area (Å²) in [4.78, 5) is 0. The molecule has 0 amide bonds. The fraction of sp³-hybridized carbons (Fsp3) is 1.00. The fourth-order valence-electron chi connectivity index (χ4n) is 9.48. The van der Waals surface area contributed by atoms with Crippen LogP contribution in [0, 0.1) is 58.2 Å². The summed E-state index contributed by atoms with van der Waals surface area (Å²) in [5.74, 6) is 2.25. The molecule has 4 saturated carbocycles. The fourth-order valence-corrected chi connectivity index (χ4v) is 9.48. The van der Waals surface area contributed by atoms with Crippen molar-refractivity contribution in [3.63, 3.8) is 0 Å². The zero-order valence-electron chi connectivity index (χ0n) is 21.7. The van der Waals surface area contributed by atoms with Gasteiger partial charge in [-0.15, -0.1) is 0 Å². The first kappa shape index (κ1) is 25.9. The summed E-state index contributed by atoms with van der Waals surface area (Å²) in [5, 5.41) is 54.0. The average Bonchev–Trinajstić information content (AvgIpc) is 3.10. The summed E-state index contributed by atoms with van der Waals surface area (Å²) in [5.41, 5.74) is -0.0213. The third kappa shape index (κ3) is 4.02. The second-order valence-electron chi connectivity index (χ2n) is 13.5. The summed E-state index contributed by atoms with van der Waals surface area (Å²) >= 11 is 0. The molecular weight excluding hydrogens is 416 g/mol. The third-order valence-corrected chi connectivity index (χ3v) is 11.9. The van der Waals surface area contributed by atoms with Crippen molar-refractivity contribution in [2.75, 3.05) is 0 Å². The normalized spacial score (nSPS) is 51.3. The Hall–Kier alpha value is -0.200. The van der Waals surface area contributed by atoms with E-state index in [1.165, 1.54) is 0 Å². The van der Waals surface area contributed by atoms with Gasteiger partial charge in [-0.25, -0.2) is 0 Å². The van der Waals surface area contributed by atoms with Crippen LogP contribution in [0.4, 0.5) is 0 Å². The number of hydrogen-bond donors (Lipinski definition) is 5. The minimum atomic E-state index is -0.721. The lowest BCUT2D eigenvalue weighted by Crippen LogP contribution is -2.60. The van der Waals surface area contributed by atoms with E-state index in [9.17, 15) is 25.5 Å².